The summed E-state index contributed by atoms with van der Waals surface area (Å²) in [5.41, 5.74) is 3.10. The summed E-state index contributed by atoms with van der Waals surface area (Å²) in [6, 6.07) is 14.7. The van der Waals surface area contributed by atoms with Gasteiger partial charge in [-0.05, 0) is 47.6 Å². The SMILES string of the molecule is CCCc1ccc(-c2ccc3c(F)c(OCC)c(OC(F)F)cc3c2)cc1. The Labute approximate surface area is 156 Å². The van der Waals surface area contributed by atoms with E-state index in [0.717, 1.165) is 24.0 Å². The average molecular weight is 374 g/mol. The van der Waals surface area contributed by atoms with Crippen molar-refractivity contribution in [3.8, 4) is 22.6 Å². The van der Waals surface area contributed by atoms with Crippen molar-refractivity contribution < 1.29 is 22.6 Å². The first-order valence-electron chi connectivity index (χ1n) is 8.96. The number of hydrogen-bond acceptors (Lipinski definition) is 2. The summed E-state index contributed by atoms with van der Waals surface area (Å²) in [5.74, 6) is -1.29. The van der Waals surface area contributed by atoms with E-state index >= 15 is 0 Å². The maximum atomic E-state index is 14.8. The molecular weight excluding hydrogens is 353 g/mol. The number of fused-ring (bicyclic) bond motifs is 1. The van der Waals surface area contributed by atoms with E-state index in [4.69, 9.17) is 4.74 Å². The molecule has 5 heteroatoms. The lowest BCUT2D eigenvalue weighted by Crippen LogP contribution is -2.06. The van der Waals surface area contributed by atoms with Crippen molar-refractivity contribution >= 4 is 10.8 Å². The van der Waals surface area contributed by atoms with Crippen LogP contribution in [0.15, 0.2) is 48.5 Å². The maximum absolute atomic E-state index is 14.8. The third kappa shape index (κ3) is 4.18. The van der Waals surface area contributed by atoms with Gasteiger partial charge in [-0.2, -0.15) is 8.78 Å². The zero-order chi connectivity index (χ0) is 19.4. The van der Waals surface area contributed by atoms with Gasteiger partial charge in [0.15, 0.2) is 17.3 Å². The predicted octanol–water partition coefficient (Wildman–Crippen LogP) is 6.60. The van der Waals surface area contributed by atoms with E-state index in [1.807, 2.05) is 18.2 Å². The van der Waals surface area contributed by atoms with E-state index in [1.165, 1.54) is 11.6 Å². The molecule has 3 rings (SSSR count). The Kier molecular flexibility index (Phi) is 5.89. The molecule has 3 aromatic rings. The monoisotopic (exact) mass is 374 g/mol. The second-order valence-electron chi connectivity index (χ2n) is 6.21. The summed E-state index contributed by atoms with van der Waals surface area (Å²) in [6.45, 7) is 0.863. The van der Waals surface area contributed by atoms with Crippen molar-refractivity contribution in [2.24, 2.45) is 0 Å². The molecule has 0 spiro atoms. The molecule has 27 heavy (non-hydrogen) atoms. The van der Waals surface area contributed by atoms with E-state index in [-0.39, 0.29) is 18.1 Å². The highest BCUT2D eigenvalue weighted by molar-refractivity contribution is 5.90. The van der Waals surface area contributed by atoms with Crippen LogP contribution in [0.2, 0.25) is 0 Å². The minimum absolute atomic E-state index is 0.143. The normalized spacial score (nSPS) is 11.2. The Morgan fingerprint density at radius 3 is 2.26 bits per heavy atom. The topological polar surface area (TPSA) is 18.5 Å². The van der Waals surface area contributed by atoms with Crippen LogP contribution in [0, 0.1) is 5.82 Å². The smallest absolute Gasteiger partial charge is 0.387 e. The number of rotatable bonds is 7. The minimum Gasteiger partial charge on any atom is -0.487 e. The van der Waals surface area contributed by atoms with Gasteiger partial charge in [0.05, 0.1) is 6.61 Å². The van der Waals surface area contributed by atoms with Crippen molar-refractivity contribution in [3.05, 3.63) is 59.9 Å². The summed E-state index contributed by atoms with van der Waals surface area (Å²) in [4.78, 5) is 0. The Hall–Kier alpha value is -2.69. The largest absolute Gasteiger partial charge is 0.487 e. The maximum Gasteiger partial charge on any atom is 0.387 e. The first-order chi connectivity index (χ1) is 13.0. The first kappa shape index (κ1) is 19.1. The molecule has 0 aliphatic rings. The zero-order valence-electron chi connectivity index (χ0n) is 15.3. The number of aryl methyl sites for hydroxylation is 1. The van der Waals surface area contributed by atoms with Crippen molar-refractivity contribution in [1.82, 2.24) is 0 Å². The molecule has 0 radical (unpaired) electrons. The number of ether oxygens (including phenoxy) is 2. The van der Waals surface area contributed by atoms with E-state index in [2.05, 4.69) is 23.8 Å². The van der Waals surface area contributed by atoms with Crippen molar-refractivity contribution in [3.63, 3.8) is 0 Å². The summed E-state index contributed by atoms with van der Waals surface area (Å²) in [7, 11) is 0. The molecule has 0 atom stereocenters. The molecule has 0 bridgehead atoms. The van der Waals surface area contributed by atoms with E-state index in [9.17, 15) is 13.2 Å². The Balaban J connectivity index is 2.06. The third-order valence-corrected chi connectivity index (χ3v) is 4.33. The quantitative estimate of drug-likeness (QED) is 0.464. The number of halogens is 3. The van der Waals surface area contributed by atoms with Crippen molar-refractivity contribution in [1.29, 1.82) is 0 Å². The molecule has 3 aromatic carbocycles. The highest BCUT2D eigenvalue weighted by atomic mass is 19.3. The second-order valence-corrected chi connectivity index (χ2v) is 6.21. The highest BCUT2D eigenvalue weighted by Crippen LogP contribution is 2.38. The fraction of sp³-hybridized carbons (Fsp3) is 0.273. The predicted molar refractivity (Wildman–Crippen MR) is 101 cm³/mol. The summed E-state index contributed by atoms with van der Waals surface area (Å²) in [5, 5.41) is 0.771. The number of benzene rings is 3. The highest BCUT2D eigenvalue weighted by Gasteiger charge is 2.19. The van der Waals surface area contributed by atoms with Gasteiger partial charge in [-0.3, -0.25) is 0 Å². The third-order valence-electron chi connectivity index (χ3n) is 4.33. The van der Waals surface area contributed by atoms with Crippen LogP contribution in [0.25, 0.3) is 21.9 Å². The van der Waals surface area contributed by atoms with Gasteiger partial charge < -0.3 is 9.47 Å². The van der Waals surface area contributed by atoms with Gasteiger partial charge in [-0.1, -0.05) is 49.7 Å². The number of alkyl halides is 2. The van der Waals surface area contributed by atoms with Gasteiger partial charge >= 0.3 is 6.61 Å². The van der Waals surface area contributed by atoms with Crippen LogP contribution in [0.5, 0.6) is 11.5 Å². The molecule has 0 N–H and O–H groups in total. The Bertz CT molecular complexity index is 921. The Morgan fingerprint density at radius 2 is 1.63 bits per heavy atom. The van der Waals surface area contributed by atoms with Gasteiger partial charge in [0.25, 0.3) is 0 Å². The molecule has 0 aromatic heterocycles. The van der Waals surface area contributed by atoms with Crippen LogP contribution in [-0.4, -0.2) is 13.2 Å². The molecule has 0 aliphatic heterocycles. The van der Waals surface area contributed by atoms with E-state index in [1.54, 1.807) is 19.1 Å². The summed E-state index contributed by atoms with van der Waals surface area (Å²) < 4.78 is 49.9. The van der Waals surface area contributed by atoms with Crippen molar-refractivity contribution in [2.75, 3.05) is 6.61 Å². The molecule has 0 saturated carbocycles. The first-order valence-corrected chi connectivity index (χ1v) is 8.96. The van der Waals surface area contributed by atoms with Crippen LogP contribution >= 0.6 is 0 Å². The van der Waals surface area contributed by atoms with E-state index in [0.29, 0.717) is 10.8 Å². The van der Waals surface area contributed by atoms with Gasteiger partial charge in [0.2, 0.25) is 0 Å². The van der Waals surface area contributed by atoms with Crippen molar-refractivity contribution in [2.45, 2.75) is 33.3 Å². The van der Waals surface area contributed by atoms with Crippen LogP contribution in [-0.2, 0) is 6.42 Å². The van der Waals surface area contributed by atoms with Crippen LogP contribution < -0.4 is 9.47 Å². The standard InChI is InChI=1S/C22H21F3O2/c1-3-5-14-6-8-15(9-7-14)16-10-11-18-17(12-16)13-19(27-22(24)25)21(20(18)23)26-4-2/h6-13,22H,3-5H2,1-2H3. The fourth-order valence-corrected chi connectivity index (χ4v) is 3.11. The summed E-state index contributed by atoms with van der Waals surface area (Å²) >= 11 is 0. The molecule has 142 valence electrons. The molecule has 0 unspecified atom stereocenters. The van der Waals surface area contributed by atoms with Crippen LogP contribution in [0.3, 0.4) is 0 Å². The molecule has 0 aliphatic carbocycles. The van der Waals surface area contributed by atoms with Gasteiger partial charge in [0.1, 0.15) is 0 Å². The lowest BCUT2D eigenvalue weighted by Gasteiger charge is -2.14. The summed E-state index contributed by atoms with van der Waals surface area (Å²) in [6.07, 6.45) is 2.08. The zero-order valence-corrected chi connectivity index (χ0v) is 15.3. The molecule has 0 fully saturated rings. The molecule has 2 nitrogen and oxygen atoms in total. The Morgan fingerprint density at radius 1 is 0.926 bits per heavy atom. The second kappa shape index (κ2) is 8.33. The molecule has 0 saturated heterocycles. The van der Waals surface area contributed by atoms with Crippen LogP contribution in [0.4, 0.5) is 13.2 Å². The average Bonchev–Trinajstić information content (AvgIpc) is 2.65. The number of hydrogen-bond donors (Lipinski definition) is 0. The van der Waals surface area contributed by atoms with E-state index < -0.39 is 12.4 Å². The molecule has 0 amide bonds. The van der Waals surface area contributed by atoms with Gasteiger partial charge in [-0.15, -0.1) is 0 Å². The minimum atomic E-state index is -3.06. The van der Waals surface area contributed by atoms with Crippen LogP contribution in [0.1, 0.15) is 25.8 Å². The molecule has 0 heterocycles. The lowest BCUT2D eigenvalue weighted by molar-refractivity contribution is -0.0515. The van der Waals surface area contributed by atoms with Gasteiger partial charge in [-0.25, -0.2) is 4.39 Å². The fourth-order valence-electron chi connectivity index (χ4n) is 3.11. The molecular formula is C22H21F3O2. The van der Waals surface area contributed by atoms with Gasteiger partial charge in [0, 0.05) is 5.39 Å². The lowest BCUT2D eigenvalue weighted by atomic mass is 9.99.